The lowest BCUT2D eigenvalue weighted by Crippen LogP contribution is -2.57. The Morgan fingerprint density at radius 1 is 1.37 bits per heavy atom. The van der Waals surface area contributed by atoms with Crippen LogP contribution in [0.15, 0.2) is 46.0 Å². The Hall–Kier alpha value is -2.64. The summed E-state index contributed by atoms with van der Waals surface area (Å²) in [5.74, 6) is -5.59. The number of ether oxygens (including phenoxy) is 2. The van der Waals surface area contributed by atoms with E-state index in [0.717, 1.165) is 0 Å². The van der Waals surface area contributed by atoms with Gasteiger partial charge in [0.05, 0.1) is 31.4 Å². The molecule has 38 heavy (non-hydrogen) atoms. The number of aliphatic carboxylic acids is 1. The molecule has 0 amide bonds. The molecule has 14 heteroatoms. The van der Waals surface area contributed by atoms with Crippen LogP contribution in [-0.2, 0) is 19.1 Å². The Morgan fingerprint density at radius 3 is 2.82 bits per heavy atom. The number of amidine groups is 1. The number of esters is 1. The summed E-state index contributed by atoms with van der Waals surface area (Å²) in [4.78, 5) is 34.8. The molecule has 1 unspecified atom stereocenters. The molecule has 0 aliphatic carbocycles. The number of halogens is 4. The number of carbonyl (C=O) groups is 2. The van der Waals surface area contributed by atoms with E-state index in [-0.39, 0.29) is 49.2 Å². The Bertz CT molecular complexity index is 1260. The zero-order valence-corrected chi connectivity index (χ0v) is 22.5. The van der Waals surface area contributed by atoms with Gasteiger partial charge in [0.25, 0.3) is 5.92 Å². The molecule has 0 saturated carbocycles. The van der Waals surface area contributed by atoms with Crippen molar-refractivity contribution in [3.63, 3.8) is 0 Å². The van der Waals surface area contributed by atoms with Crippen LogP contribution in [0.2, 0.25) is 10.0 Å². The van der Waals surface area contributed by atoms with Crippen molar-refractivity contribution in [2.75, 3.05) is 32.9 Å². The van der Waals surface area contributed by atoms with Crippen molar-refractivity contribution in [1.29, 1.82) is 0 Å². The molecule has 0 bridgehead atoms. The first-order valence-corrected chi connectivity index (χ1v) is 13.3. The number of aromatic nitrogens is 1. The maximum atomic E-state index is 15.0. The molecule has 1 aromatic carbocycles. The molecule has 2 N–H and O–H groups in total. The monoisotopic (exact) mass is 588 g/mol. The second-order valence-corrected chi connectivity index (χ2v) is 10.3. The largest absolute Gasteiger partial charge is 0.481 e. The van der Waals surface area contributed by atoms with Crippen LogP contribution in [0.4, 0.5) is 8.78 Å². The predicted octanol–water partition coefficient (Wildman–Crippen LogP) is 4.17. The highest BCUT2D eigenvalue weighted by molar-refractivity contribution is 7.11. The van der Waals surface area contributed by atoms with Crippen LogP contribution in [-0.4, -0.2) is 77.6 Å². The summed E-state index contributed by atoms with van der Waals surface area (Å²) in [6.07, 6.45) is 0.229. The number of nitrogens with zero attached hydrogens (tertiary/aromatic N) is 3. The van der Waals surface area contributed by atoms with Gasteiger partial charge in [-0.05, 0) is 19.1 Å². The number of hydrogen-bond acceptors (Lipinski definition) is 9. The number of morpholine rings is 1. The maximum absolute atomic E-state index is 15.0. The second kappa shape index (κ2) is 12.0. The van der Waals surface area contributed by atoms with E-state index in [9.17, 15) is 18.4 Å². The summed E-state index contributed by atoms with van der Waals surface area (Å²) in [7, 11) is 0. The Labute approximate surface area is 231 Å². The summed E-state index contributed by atoms with van der Waals surface area (Å²) in [5, 5.41) is 15.0. The predicted molar refractivity (Wildman–Crippen MR) is 138 cm³/mol. The number of benzene rings is 1. The van der Waals surface area contributed by atoms with Crippen LogP contribution in [0.5, 0.6) is 0 Å². The SMILES string of the molecule is CCOC(=O)C1=C(CN2CCOCC2C(F)(F)CC(=O)O)NC(c2nccs2)=N[C@H]1c1ccc(Cl)cc1Cl. The first-order valence-electron chi connectivity index (χ1n) is 11.6. The lowest BCUT2D eigenvalue weighted by Gasteiger charge is -2.40. The number of carboxylic acid groups (broad SMARTS) is 1. The van der Waals surface area contributed by atoms with E-state index < -0.39 is 36.4 Å². The van der Waals surface area contributed by atoms with Crippen LogP contribution in [0.3, 0.4) is 0 Å². The zero-order valence-electron chi connectivity index (χ0n) is 20.1. The molecule has 0 radical (unpaired) electrons. The summed E-state index contributed by atoms with van der Waals surface area (Å²) in [6.45, 7) is 1.41. The van der Waals surface area contributed by atoms with E-state index in [2.05, 4.69) is 10.3 Å². The minimum Gasteiger partial charge on any atom is -0.481 e. The molecule has 1 aromatic heterocycles. The lowest BCUT2D eigenvalue weighted by molar-refractivity contribution is -0.162. The number of alkyl halides is 2. The molecule has 2 atom stereocenters. The van der Waals surface area contributed by atoms with E-state index in [0.29, 0.717) is 21.4 Å². The van der Waals surface area contributed by atoms with Crippen LogP contribution >= 0.6 is 34.5 Å². The topological polar surface area (TPSA) is 113 Å². The lowest BCUT2D eigenvalue weighted by atomic mass is 9.94. The van der Waals surface area contributed by atoms with E-state index in [1.54, 1.807) is 30.6 Å². The van der Waals surface area contributed by atoms with Gasteiger partial charge in [-0.3, -0.25) is 14.7 Å². The highest BCUT2D eigenvalue weighted by atomic mass is 35.5. The first kappa shape index (κ1) is 28.4. The van der Waals surface area contributed by atoms with Crippen molar-refractivity contribution in [2.24, 2.45) is 4.99 Å². The van der Waals surface area contributed by atoms with E-state index in [4.69, 9.17) is 42.8 Å². The normalized spacial score (nSPS) is 20.6. The number of aliphatic imine (C=N–C) groups is 1. The van der Waals surface area contributed by atoms with Crippen molar-refractivity contribution in [3.8, 4) is 0 Å². The number of hydrogen-bond donors (Lipinski definition) is 2. The van der Waals surface area contributed by atoms with Gasteiger partial charge >= 0.3 is 11.9 Å². The van der Waals surface area contributed by atoms with E-state index >= 15 is 0 Å². The Kier molecular flexibility index (Phi) is 8.99. The van der Waals surface area contributed by atoms with Gasteiger partial charge in [-0.15, -0.1) is 11.3 Å². The van der Waals surface area contributed by atoms with Crippen molar-refractivity contribution < 1.29 is 33.0 Å². The third kappa shape index (κ3) is 6.32. The standard InChI is InChI=1S/C24H24Cl2F2N4O5S/c1-2-37-23(35)19-16(11-32-6-7-36-12-17(32)24(27,28)10-18(33)34)30-21(22-29-5-8-38-22)31-20(19)14-4-3-13(25)9-15(14)26/h3-5,8-9,17,20H,2,6-7,10-12H2,1H3,(H,30,31)(H,33,34)/t17?,20-/m0/s1. The number of rotatable bonds is 9. The van der Waals surface area contributed by atoms with Crippen molar-refractivity contribution >= 4 is 52.3 Å². The molecule has 0 spiro atoms. The highest BCUT2D eigenvalue weighted by Crippen LogP contribution is 2.38. The molecule has 2 aliphatic heterocycles. The third-order valence-corrected chi connectivity index (χ3v) is 7.33. The van der Waals surface area contributed by atoms with Crippen molar-refractivity contribution in [2.45, 2.75) is 31.4 Å². The molecule has 9 nitrogen and oxygen atoms in total. The summed E-state index contributed by atoms with van der Waals surface area (Å²) in [5.41, 5.74) is 0.808. The fraction of sp³-hybridized carbons (Fsp3) is 0.417. The smallest absolute Gasteiger partial charge is 0.338 e. The molecule has 2 aliphatic rings. The maximum Gasteiger partial charge on any atom is 0.338 e. The van der Waals surface area contributed by atoms with Crippen LogP contribution in [0.1, 0.15) is 30.0 Å². The van der Waals surface area contributed by atoms with Crippen LogP contribution in [0, 0.1) is 0 Å². The number of carbonyl (C=O) groups excluding carboxylic acids is 1. The van der Waals surface area contributed by atoms with Gasteiger partial charge in [-0.25, -0.2) is 18.6 Å². The molecular weight excluding hydrogens is 565 g/mol. The summed E-state index contributed by atoms with van der Waals surface area (Å²) >= 11 is 13.9. The number of nitrogens with one attached hydrogen (secondary N) is 1. The van der Waals surface area contributed by atoms with Gasteiger partial charge in [0.15, 0.2) is 10.8 Å². The fourth-order valence-electron chi connectivity index (χ4n) is 4.31. The molecule has 1 saturated heterocycles. The quantitative estimate of drug-likeness (QED) is 0.420. The second-order valence-electron chi connectivity index (χ2n) is 8.51. The van der Waals surface area contributed by atoms with Gasteiger partial charge < -0.3 is 19.9 Å². The molecule has 3 heterocycles. The minimum absolute atomic E-state index is 0.0661. The fourth-order valence-corrected chi connectivity index (χ4v) is 5.41. The van der Waals surface area contributed by atoms with Gasteiger partial charge in [-0.2, -0.15) is 0 Å². The molecule has 204 valence electrons. The molecule has 2 aromatic rings. The van der Waals surface area contributed by atoms with Gasteiger partial charge in [-0.1, -0.05) is 29.3 Å². The average Bonchev–Trinajstić information content (AvgIpc) is 3.38. The van der Waals surface area contributed by atoms with Gasteiger partial charge in [0.2, 0.25) is 0 Å². The number of thiazole rings is 1. The van der Waals surface area contributed by atoms with Crippen molar-refractivity contribution in [3.05, 3.63) is 61.7 Å². The minimum atomic E-state index is -3.59. The molecule has 4 rings (SSSR count). The average molecular weight is 589 g/mol. The summed E-state index contributed by atoms with van der Waals surface area (Å²) < 4.78 is 40.6. The third-order valence-electron chi connectivity index (χ3n) is 5.99. The zero-order chi connectivity index (χ0) is 27.4. The van der Waals surface area contributed by atoms with Crippen molar-refractivity contribution in [1.82, 2.24) is 15.2 Å². The Balaban J connectivity index is 1.81. The highest BCUT2D eigenvalue weighted by Gasteiger charge is 2.47. The van der Waals surface area contributed by atoms with E-state index in [1.165, 1.54) is 22.3 Å². The van der Waals surface area contributed by atoms with E-state index in [1.807, 2.05) is 0 Å². The van der Waals surface area contributed by atoms with Gasteiger partial charge in [0, 0.05) is 46.0 Å². The van der Waals surface area contributed by atoms with Crippen LogP contribution < -0.4 is 5.32 Å². The number of carboxylic acids is 1. The van der Waals surface area contributed by atoms with Crippen LogP contribution in [0.25, 0.3) is 0 Å². The molecular formula is C24H24Cl2F2N4O5S. The first-order chi connectivity index (χ1) is 18.1. The molecule has 1 fully saturated rings. The summed E-state index contributed by atoms with van der Waals surface area (Å²) in [6, 6.07) is 2.28. The Morgan fingerprint density at radius 2 is 2.16 bits per heavy atom. The van der Waals surface area contributed by atoms with Gasteiger partial charge in [0.1, 0.15) is 12.5 Å².